The Labute approximate surface area is 393 Å². The van der Waals surface area contributed by atoms with Crippen molar-refractivity contribution in [3.05, 3.63) is 0 Å². The number of esters is 3. The molecule has 0 bridgehead atoms. The van der Waals surface area contributed by atoms with Crippen LogP contribution in [-0.2, 0) is 28.6 Å². The second kappa shape index (κ2) is 49.8. The van der Waals surface area contributed by atoms with Gasteiger partial charge >= 0.3 is 17.9 Å². The summed E-state index contributed by atoms with van der Waals surface area (Å²) in [6.45, 7) is 11.4. The number of hydrogen-bond donors (Lipinski definition) is 0. The molecule has 374 valence electrons. The van der Waals surface area contributed by atoms with Crippen molar-refractivity contribution in [2.45, 2.75) is 323 Å². The Morgan fingerprint density at radius 1 is 0.302 bits per heavy atom. The molecule has 0 amide bonds. The average Bonchev–Trinajstić information content (AvgIpc) is 3.25. The smallest absolute Gasteiger partial charge is 0.306 e. The van der Waals surface area contributed by atoms with Crippen molar-refractivity contribution in [1.29, 1.82) is 0 Å². The molecule has 0 radical (unpaired) electrons. The van der Waals surface area contributed by atoms with Gasteiger partial charge in [-0.2, -0.15) is 0 Å². The number of carbonyl (C=O) groups is 3. The minimum atomic E-state index is -0.762. The first-order valence-electron chi connectivity index (χ1n) is 28.2. The lowest BCUT2D eigenvalue weighted by Gasteiger charge is -2.18. The Kier molecular flexibility index (Phi) is 48.6. The second-order valence-corrected chi connectivity index (χ2v) is 20.5. The third-order valence-electron chi connectivity index (χ3n) is 13.0. The molecule has 0 heterocycles. The Morgan fingerprint density at radius 2 is 0.524 bits per heavy atom. The van der Waals surface area contributed by atoms with E-state index in [9.17, 15) is 14.4 Å². The van der Waals surface area contributed by atoms with Crippen molar-refractivity contribution in [1.82, 2.24) is 0 Å². The van der Waals surface area contributed by atoms with E-state index < -0.39 is 6.10 Å². The van der Waals surface area contributed by atoms with Gasteiger partial charge in [0, 0.05) is 19.3 Å². The Morgan fingerprint density at radius 3 is 0.778 bits per heavy atom. The van der Waals surface area contributed by atoms with Crippen LogP contribution in [0.2, 0.25) is 0 Å². The molecule has 0 unspecified atom stereocenters. The fraction of sp³-hybridized carbons (Fsp3) is 0.947. The fourth-order valence-electron chi connectivity index (χ4n) is 8.70. The van der Waals surface area contributed by atoms with E-state index in [2.05, 4.69) is 34.6 Å². The van der Waals surface area contributed by atoms with Crippen molar-refractivity contribution in [2.75, 3.05) is 13.2 Å². The van der Waals surface area contributed by atoms with Crippen LogP contribution >= 0.6 is 0 Å². The quantitative estimate of drug-likeness (QED) is 0.0344. The molecule has 6 nitrogen and oxygen atoms in total. The van der Waals surface area contributed by atoms with E-state index in [0.717, 1.165) is 69.6 Å². The summed E-state index contributed by atoms with van der Waals surface area (Å²) in [5, 5.41) is 0. The molecule has 0 N–H and O–H groups in total. The minimum Gasteiger partial charge on any atom is -0.462 e. The van der Waals surface area contributed by atoms with Crippen LogP contribution in [0.25, 0.3) is 0 Å². The molecule has 0 rings (SSSR count). The van der Waals surface area contributed by atoms with Crippen LogP contribution < -0.4 is 0 Å². The molecule has 0 fully saturated rings. The van der Waals surface area contributed by atoms with E-state index in [0.29, 0.717) is 19.3 Å². The van der Waals surface area contributed by atoms with Gasteiger partial charge in [-0.15, -0.1) is 0 Å². The number of hydrogen-bond acceptors (Lipinski definition) is 6. The Balaban J connectivity index is 4.27. The molecule has 0 saturated heterocycles. The lowest BCUT2D eigenvalue weighted by molar-refractivity contribution is -0.167. The topological polar surface area (TPSA) is 78.9 Å². The fourth-order valence-corrected chi connectivity index (χ4v) is 8.70. The molecule has 0 aliphatic carbocycles. The van der Waals surface area contributed by atoms with Gasteiger partial charge in [0.15, 0.2) is 6.10 Å². The van der Waals surface area contributed by atoms with Gasteiger partial charge in [0.05, 0.1) is 0 Å². The molecule has 6 heteroatoms. The summed E-state index contributed by atoms with van der Waals surface area (Å²) >= 11 is 0. The van der Waals surface area contributed by atoms with Crippen LogP contribution in [0.5, 0.6) is 0 Å². The monoisotopic (exact) mass is 891 g/mol. The van der Waals surface area contributed by atoms with Crippen molar-refractivity contribution in [3.63, 3.8) is 0 Å². The first-order chi connectivity index (χ1) is 30.7. The first-order valence-corrected chi connectivity index (χ1v) is 28.2. The molecule has 0 aromatic rings. The van der Waals surface area contributed by atoms with Crippen LogP contribution in [0.4, 0.5) is 0 Å². The van der Waals surface area contributed by atoms with Crippen molar-refractivity contribution in [2.24, 2.45) is 11.8 Å². The van der Waals surface area contributed by atoms with E-state index in [1.807, 2.05) is 0 Å². The molecular formula is C57H110O6. The number of rotatable bonds is 51. The molecule has 0 spiro atoms. The highest BCUT2D eigenvalue weighted by Crippen LogP contribution is 2.18. The van der Waals surface area contributed by atoms with Crippen LogP contribution in [0.15, 0.2) is 0 Å². The van der Waals surface area contributed by atoms with Crippen LogP contribution in [0.1, 0.15) is 317 Å². The van der Waals surface area contributed by atoms with Gasteiger partial charge in [0.25, 0.3) is 0 Å². The third kappa shape index (κ3) is 51.3. The second-order valence-electron chi connectivity index (χ2n) is 20.5. The summed E-state index contributed by atoms with van der Waals surface area (Å²) in [4.78, 5) is 38.1. The van der Waals surface area contributed by atoms with Crippen LogP contribution in [0.3, 0.4) is 0 Å². The van der Waals surface area contributed by atoms with Crippen molar-refractivity contribution < 1.29 is 28.6 Å². The van der Waals surface area contributed by atoms with E-state index in [1.54, 1.807) is 0 Å². The molecule has 0 aromatic heterocycles. The molecule has 1 atom stereocenters. The van der Waals surface area contributed by atoms with Crippen LogP contribution in [0, 0.1) is 11.8 Å². The number of carbonyl (C=O) groups excluding carboxylic acids is 3. The zero-order chi connectivity index (χ0) is 46.1. The summed E-state index contributed by atoms with van der Waals surface area (Å²) in [5.41, 5.74) is 0. The minimum absolute atomic E-state index is 0.0628. The van der Waals surface area contributed by atoms with E-state index in [1.165, 1.54) is 205 Å². The van der Waals surface area contributed by atoms with E-state index in [4.69, 9.17) is 14.2 Å². The number of ether oxygens (including phenoxy) is 3. The van der Waals surface area contributed by atoms with Gasteiger partial charge in [-0.25, -0.2) is 0 Å². The average molecular weight is 892 g/mol. The largest absolute Gasteiger partial charge is 0.462 e. The highest BCUT2D eigenvalue weighted by molar-refractivity contribution is 5.71. The lowest BCUT2D eigenvalue weighted by Crippen LogP contribution is -2.30. The summed E-state index contributed by atoms with van der Waals surface area (Å²) in [5.74, 6) is 0.847. The highest BCUT2D eigenvalue weighted by Gasteiger charge is 2.19. The Bertz CT molecular complexity index is 962. The maximum atomic E-state index is 12.8. The van der Waals surface area contributed by atoms with Gasteiger partial charge in [0.1, 0.15) is 13.2 Å². The van der Waals surface area contributed by atoms with Crippen LogP contribution in [-0.4, -0.2) is 37.2 Å². The van der Waals surface area contributed by atoms with Crippen molar-refractivity contribution >= 4 is 17.9 Å². The Hall–Kier alpha value is -1.59. The van der Waals surface area contributed by atoms with E-state index in [-0.39, 0.29) is 31.1 Å². The molecular weight excluding hydrogens is 781 g/mol. The highest BCUT2D eigenvalue weighted by atomic mass is 16.6. The maximum absolute atomic E-state index is 12.8. The van der Waals surface area contributed by atoms with Gasteiger partial charge in [-0.1, -0.05) is 279 Å². The molecule has 0 saturated carbocycles. The zero-order valence-corrected chi connectivity index (χ0v) is 43.2. The predicted octanol–water partition coefficient (Wildman–Crippen LogP) is 18.5. The zero-order valence-electron chi connectivity index (χ0n) is 43.2. The third-order valence-corrected chi connectivity index (χ3v) is 13.0. The predicted molar refractivity (Wildman–Crippen MR) is 270 cm³/mol. The maximum Gasteiger partial charge on any atom is 0.306 e. The van der Waals surface area contributed by atoms with Gasteiger partial charge in [0.2, 0.25) is 0 Å². The standard InChI is InChI=1S/C57H110O6/c1-6-7-8-9-10-11-20-27-32-37-42-47-55(58)61-50-54(63-57(60)49-44-39-34-29-24-19-15-13-17-22-26-31-36-41-46-53(4)5)51-62-56(59)48-43-38-33-28-23-18-14-12-16-21-25-30-35-40-45-52(2)3/h52-54H,6-51H2,1-5H3/t54-/m0/s1. The molecule has 0 aliphatic rings. The normalized spacial score (nSPS) is 12.0. The molecule has 0 aliphatic heterocycles. The summed E-state index contributed by atoms with van der Waals surface area (Å²) in [6, 6.07) is 0. The van der Waals surface area contributed by atoms with Crippen molar-refractivity contribution in [3.8, 4) is 0 Å². The lowest BCUT2D eigenvalue weighted by atomic mass is 10.0. The number of unbranched alkanes of at least 4 members (excludes halogenated alkanes) is 36. The molecule has 0 aromatic carbocycles. The van der Waals surface area contributed by atoms with E-state index >= 15 is 0 Å². The van der Waals surface area contributed by atoms with Gasteiger partial charge in [-0.05, 0) is 31.1 Å². The SMILES string of the molecule is CCCCCCCCCCCCCC(=O)OC[C@@H](COC(=O)CCCCCCCCCCCCCCCCC(C)C)OC(=O)CCCCCCCCCCCCCCCCC(C)C. The first kappa shape index (κ1) is 61.4. The van der Waals surface area contributed by atoms with Gasteiger partial charge in [-0.3, -0.25) is 14.4 Å². The summed E-state index contributed by atoms with van der Waals surface area (Å²) < 4.78 is 16.9. The molecule has 63 heavy (non-hydrogen) atoms. The summed E-state index contributed by atoms with van der Waals surface area (Å²) in [7, 11) is 0. The summed E-state index contributed by atoms with van der Waals surface area (Å²) in [6.07, 6.45) is 52.3. The van der Waals surface area contributed by atoms with Gasteiger partial charge < -0.3 is 14.2 Å².